The van der Waals surface area contributed by atoms with Crippen LogP contribution in [0.3, 0.4) is 0 Å². The number of aryl methyl sites for hydroxylation is 2. The van der Waals surface area contributed by atoms with Gasteiger partial charge in [-0.1, -0.05) is 18.2 Å². The van der Waals surface area contributed by atoms with Gasteiger partial charge in [-0.05, 0) is 24.6 Å². The van der Waals surface area contributed by atoms with E-state index in [-0.39, 0.29) is 0 Å². The Morgan fingerprint density at radius 1 is 1.10 bits per heavy atom. The van der Waals surface area contributed by atoms with E-state index in [4.69, 9.17) is 0 Å². The molecule has 0 atom stereocenters. The molecule has 0 saturated carbocycles. The third-order valence-electron chi connectivity index (χ3n) is 4.02. The molecule has 1 aromatic carbocycles. The molecule has 4 rings (SSSR count). The standard InChI is InChI=1S/C18H15N3/c1-12-4-3-5-13-8-14(9-20-18(12)13)16-11-21(2)17-10-19-7-6-15(16)17/h3-11H,1-2H3. The van der Waals surface area contributed by atoms with Gasteiger partial charge in [0.15, 0.2) is 0 Å². The van der Waals surface area contributed by atoms with E-state index in [1.54, 1.807) is 0 Å². The van der Waals surface area contributed by atoms with Crippen molar-refractivity contribution in [3.8, 4) is 11.1 Å². The molecule has 3 heterocycles. The van der Waals surface area contributed by atoms with Gasteiger partial charge in [0, 0.05) is 47.5 Å². The molecule has 0 radical (unpaired) electrons. The Labute approximate surface area is 122 Å². The maximum Gasteiger partial charge on any atom is 0.0731 e. The summed E-state index contributed by atoms with van der Waals surface area (Å²) in [6, 6.07) is 10.6. The lowest BCUT2D eigenvalue weighted by atomic mass is 10.0. The average Bonchev–Trinajstić information content (AvgIpc) is 2.85. The number of aromatic nitrogens is 3. The summed E-state index contributed by atoms with van der Waals surface area (Å²) in [5, 5.41) is 2.39. The molecule has 21 heavy (non-hydrogen) atoms. The summed E-state index contributed by atoms with van der Waals surface area (Å²) in [5.74, 6) is 0. The summed E-state index contributed by atoms with van der Waals surface area (Å²) < 4.78 is 2.11. The van der Waals surface area contributed by atoms with Gasteiger partial charge < -0.3 is 4.57 Å². The Bertz CT molecular complexity index is 967. The van der Waals surface area contributed by atoms with Gasteiger partial charge in [-0.3, -0.25) is 9.97 Å². The molecular weight excluding hydrogens is 258 g/mol. The number of nitrogens with zero attached hydrogens (tertiary/aromatic N) is 3. The van der Waals surface area contributed by atoms with Gasteiger partial charge in [0.1, 0.15) is 0 Å². The summed E-state index contributed by atoms with van der Waals surface area (Å²) in [6.45, 7) is 2.10. The minimum Gasteiger partial charge on any atom is -0.349 e. The number of pyridine rings is 2. The SMILES string of the molecule is Cc1cccc2cc(-c3cn(C)c4cnccc34)cnc12. The predicted octanol–water partition coefficient (Wildman–Crippen LogP) is 4.10. The lowest BCUT2D eigenvalue weighted by Crippen LogP contribution is -1.85. The molecule has 0 bridgehead atoms. The Hall–Kier alpha value is -2.68. The zero-order chi connectivity index (χ0) is 14.4. The Balaban J connectivity index is 2.00. The van der Waals surface area contributed by atoms with Gasteiger partial charge in [0.05, 0.1) is 17.2 Å². The summed E-state index contributed by atoms with van der Waals surface area (Å²) in [7, 11) is 2.05. The molecule has 0 saturated heterocycles. The maximum absolute atomic E-state index is 4.65. The third kappa shape index (κ3) is 1.82. The highest BCUT2D eigenvalue weighted by atomic mass is 14.9. The van der Waals surface area contributed by atoms with E-state index >= 15 is 0 Å². The highest BCUT2D eigenvalue weighted by Gasteiger charge is 2.09. The lowest BCUT2D eigenvalue weighted by molar-refractivity contribution is 0.966. The van der Waals surface area contributed by atoms with Gasteiger partial charge in [0.2, 0.25) is 0 Å². The Kier molecular flexibility index (Phi) is 2.54. The van der Waals surface area contributed by atoms with Crippen LogP contribution in [-0.2, 0) is 7.05 Å². The fraction of sp³-hybridized carbons (Fsp3) is 0.111. The van der Waals surface area contributed by atoms with Crippen LogP contribution in [0.25, 0.3) is 32.9 Å². The van der Waals surface area contributed by atoms with E-state index in [1.807, 2.05) is 25.6 Å². The molecule has 3 aromatic heterocycles. The number of rotatable bonds is 1. The first-order valence-electron chi connectivity index (χ1n) is 6.99. The molecule has 0 spiro atoms. The van der Waals surface area contributed by atoms with Crippen LogP contribution >= 0.6 is 0 Å². The predicted molar refractivity (Wildman–Crippen MR) is 86.2 cm³/mol. The van der Waals surface area contributed by atoms with Crippen molar-refractivity contribution in [2.24, 2.45) is 7.05 Å². The van der Waals surface area contributed by atoms with E-state index in [0.29, 0.717) is 0 Å². The Morgan fingerprint density at radius 3 is 2.90 bits per heavy atom. The highest BCUT2D eigenvalue weighted by molar-refractivity contribution is 5.97. The van der Waals surface area contributed by atoms with Crippen LogP contribution in [-0.4, -0.2) is 14.5 Å². The fourth-order valence-corrected chi connectivity index (χ4v) is 2.92. The Morgan fingerprint density at radius 2 is 2.00 bits per heavy atom. The first kappa shape index (κ1) is 12.1. The van der Waals surface area contributed by atoms with Crippen LogP contribution in [0.2, 0.25) is 0 Å². The summed E-state index contributed by atoms with van der Waals surface area (Å²) in [5.41, 5.74) is 5.76. The van der Waals surface area contributed by atoms with Gasteiger partial charge >= 0.3 is 0 Å². The number of benzene rings is 1. The minimum atomic E-state index is 1.07. The molecule has 3 nitrogen and oxygen atoms in total. The van der Waals surface area contributed by atoms with Crippen molar-refractivity contribution in [3.05, 3.63) is 60.7 Å². The van der Waals surface area contributed by atoms with Crippen LogP contribution in [0.1, 0.15) is 5.56 Å². The monoisotopic (exact) mass is 273 g/mol. The molecule has 4 aromatic rings. The first-order valence-corrected chi connectivity index (χ1v) is 6.99. The van der Waals surface area contributed by atoms with Crippen LogP contribution in [0.5, 0.6) is 0 Å². The van der Waals surface area contributed by atoms with Gasteiger partial charge in [-0.25, -0.2) is 0 Å². The average molecular weight is 273 g/mol. The molecule has 0 aliphatic carbocycles. The second kappa shape index (κ2) is 4.42. The molecule has 0 N–H and O–H groups in total. The zero-order valence-corrected chi connectivity index (χ0v) is 12.0. The number of hydrogen-bond acceptors (Lipinski definition) is 2. The number of para-hydroxylation sites is 1. The smallest absolute Gasteiger partial charge is 0.0731 e. The van der Waals surface area contributed by atoms with Crippen LogP contribution in [0.4, 0.5) is 0 Å². The minimum absolute atomic E-state index is 1.07. The quantitative estimate of drug-likeness (QED) is 0.523. The summed E-state index contributed by atoms with van der Waals surface area (Å²) >= 11 is 0. The molecule has 0 fully saturated rings. The molecule has 3 heteroatoms. The van der Waals surface area contributed by atoms with E-state index in [0.717, 1.165) is 16.6 Å². The van der Waals surface area contributed by atoms with E-state index in [2.05, 4.69) is 58.0 Å². The van der Waals surface area contributed by atoms with Crippen molar-refractivity contribution in [1.82, 2.24) is 14.5 Å². The van der Waals surface area contributed by atoms with E-state index in [1.165, 1.54) is 21.9 Å². The summed E-state index contributed by atoms with van der Waals surface area (Å²) in [4.78, 5) is 8.85. The van der Waals surface area contributed by atoms with Crippen molar-refractivity contribution < 1.29 is 0 Å². The van der Waals surface area contributed by atoms with Crippen molar-refractivity contribution in [2.45, 2.75) is 6.92 Å². The van der Waals surface area contributed by atoms with Crippen LogP contribution in [0, 0.1) is 6.92 Å². The second-order valence-corrected chi connectivity index (χ2v) is 5.42. The zero-order valence-electron chi connectivity index (χ0n) is 12.0. The topological polar surface area (TPSA) is 30.7 Å². The number of fused-ring (bicyclic) bond motifs is 2. The maximum atomic E-state index is 4.65. The van der Waals surface area contributed by atoms with Gasteiger partial charge in [0.25, 0.3) is 0 Å². The normalized spacial score (nSPS) is 11.3. The molecule has 0 aliphatic heterocycles. The van der Waals surface area contributed by atoms with Gasteiger partial charge in [-0.2, -0.15) is 0 Å². The lowest BCUT2D eigenvalue weighted by Gasteiger charge is -2.04. The van der Waals surface area contributed by atoms with Crippen molar-refractivity contribution >= 4 is 21.8 Å². The largest absolute Gasteiger partial charge is 0.349 e. The van der Waals surface area contributed by atoms with Crippen molar-refractivity contribution in [2.75, 3.05) is 0 Å². The molecule has 0 unspecified atom stereocenters. The first-order chi connectivity index (χ1) is 10.2. The van der Waals surface area contributed by atoms with Crippen molar-refractivity contribution in [1.29, 1.82) is 0 Å². The molecule has 0 aliphatic rings. The van der Waals surface area contributed by atoms with Crippen molar-refractivity contribution in [3.63, 3.8) is 0 Å². The fourth-order valence-electron chi connectivity index (χ4n) is 2.92. The van der Waals surface area contributed by atoms with Gasteiger partial charge in [-0.15, -0.1) is 0 Å². The van der Waals surface area contributed by atoms with E-state index < -0.39 is 0 Å². The third-order valence-corrected chi connectivity index (χ3v) is 4.02. The van der Waals surface area contributed by atoms with Crippen LogP contribution < -0.4 is 0 Å². The summed E-state index contributed by atoms with van der Waals surface area (Å²) in [6.07, 6.45) is 7.84. The molecule has 0 amide bonds. The van der Waals surface area contributed by atoms with Crippen LogP contribution in [0.15, 0.2) is 55.1 Å². The second-order valence-electron chi connectivity index (χ2n) is 5.42. The van der Waals surface area contributed by atoms with E-state index in [9.17, 15) is 0 Å². The highest BCUT2D eigenvalue weighted by Crippen LogP contribution is 2.31. The molecule has 102 valence electrons. The molecular formula is C18H15N3. The number of hydrogen-bond donors (Lipinski definition) is 0.